The van der Waals surface area contributed by atoms with Gasteiger partial charge in [0.15, 0.2) is 0 Å². The highest BCUT2D eigenvalue weighted by Gasteiger charge is 2.33. The van der Waals surface area contributed by atoms with Crippen molar-refractivity contribution in [2.24, 2.45) is 11.8 Å². The molecule has 2 aliphatic rings. The molecule has 0 bridgehead atoms. The molecule has 2 heteroatoms. The molecule has 0 radical (unpaired) electrons. The minimum absolute atomic E-state index is 0.0422. The van der Waals surface area contributed by atoms with Crippen LogP contribution >= 0.6 is 0 Å². The Bertz CT molecular complexity index is 203. The molecule has 2 aliphatic carbocycles. The molecule has 88 valence electrons. The van der Waals surface area contributed by atoms with Crippen LogP contribution in [0, 0.1) is 11.8 Å². The van der Waals surface area contributed by atoms with Crippen LogP contribution in [0.4, 0.5) is 0 Å². The molecule has 0 aromatic heterocycles. The highest BCUT2D eigenvalue weighted by Crippen LogP contribution is 2.34. The summed E-state index contributed by atoms with van der Waals surface area (Å²) in [7, 11) is 0. The smallest absolute Gasteiger partial charge is 0.0555 e. The van der Waals surface area contributed by atoms with Crippen molar-refractivity contribution < 1.29 is 5.11 Å². The van der Waals surface area contributed by atoms with Crippen LogP contribution in [0.5, 0.6) is 0 Å². The van der Waals surface area contributed by atoms with Crippen LogP contribution in [0.25, 0.3) is 0 Å². The molecule has 0 heterocycles. The fraction of sp³-hybridized carbons (Fsp3) is 1.00. The molecule has 0 amide bonds. The summed E-state index contributed by atoms with van der Waals surface area (Å²) >= 11 is 0. The lowest BCUT2D eigenvalue weighted by molar-refractivity contribution is 0.0324. The number of aliphatic hydroxyl groups is 1. The predicted molar refractivity (Wildman–Crippen MR) is 62.8 cm³/mol. The average Bonchev–Trinajstić information content (AvgIpc) is 3.02. The van der Waals surface area contributed by atoms with E-state index in [1.54, 1.807) is 0 Å². The summed E-state index contributed by atoms with van der Waals surface area (Å²) in [5.41, 5.74) is 0. The van der Waals surface area contributed by atoms with Gasteiger partial charge in [0.1, 0.15) is 0 Å². The number of hydrogen-bond acceptors (Lipinski definition) is 2. The van der Waals surface area contributed by atoms with Crippen LogP contribution in [-0.2, 0) is 0 Å². The van der Waals surface area contributed by atoms with Crippen molar-refractivity contribution in [3.8, 4) is 0 Å². The lowest BCUT2D eigenvalue weighted by atomic mass is 9.83. The van der Waals surface area contributed by atoms with Gasteiger partial charge in [-0.25, -0.2) is 0 Å². The first-order valence-corrected chi connectivity index (χ1v) is 6.62. The van der Waals surface area contributed by atoms with E-state index < -0.39 is 0 Å². The Morgan fingerprint density at radius 2 is 1.93 bits per heavy atom. The molecule has 0 aromatic carbocycles. The Hall–Kier alpha value is -0.0800. The van der Waals surface area contributed by atoms with Gasteiger partial charge in [0, 0.05) is 12.6 Å². The van der Waals surface area contributed by atoms with Gasteiger partial charge in [-0.2, -0.15) is 0 Å². The van der Waals surface area contributed by atoms with Gasteiger partial charge in [-0.3, -0.25) is 0 Å². The second-order valence-electron chi connectivity index (χ2n) is 5.54. The van der Waals surface area contributed by atoms with Crippen molar-refractivity contribution in [3.63, 3.8) is 0 Å². The number of aliphatic hydroxyl groups excluding tert-OH is 1. The van der Waals surface area contributed by atoms with Gasteiger partial charge in [0.2, 0.25) is 0 Å². The first-order chi connectivity index (χ1) is 7.20. The summed E-state index contributed by atoms with van der Waals surface area (Å²) in [4.78, 5) is 2.62. The molecule has 3 unspecified atom stereocenters. The minimum atomic E-state index is -0.0422. The molecule has 2 nitrogen and oxygen atoms in total. The Morgan fingerprint density at radius 1 is 1.20 bits per heavy atom. The van der Waals surface area contributed by atoms with E-state index in [2.05, 4.69) is 18.7 Å². The van der Waals surface area contributed by atoms with E-state index >= 15 is 0 Å². The van der Waals surface area contributed by atoms with Crippen molar-refractivity contribution in [2.45, 2.75) is 58.1 Å². The van der Waals surface area contributed by atoms with Crippen LogP contribution in [0.1, 0.15) is 46.0 Å². The molecule has 2 rings (SSSR count). The molecule has 0 aliphatic heterocycles. The Kier molecular flexibility index (Phi) is 3.68. The number of rotatable bonds is 4. The van der Waals surface area contributed by atoms with Crippen LogP contribution in [0.15, 0.2) is 0 Å². The van der Waals surface area contributed by atoms with Gasteiger partial charge in [-0.05, 0) is 50.5 Å². The van der Waals surface area contributed by atoms with Crippen molar-refractivity contribution in [1.29, 1.82) is 0 Å². The minimum Gasteiger partial charge on any atom is -0.393 e. The zero-order valence-electron chi connectivity index (χ0n) is 10.2. The predicted octanol–water partition coefficient (Wildman–Crippen LogP) is 2.27. The largest absolute Gasteiger partial charge is 0.393 e. The first-order valence-electron chi connectivity index (χ1n) is 6.62. The maximum absolute atomic E-state index is 9.76. The molecular weight excluding hydrogens is 186 g/mol. The van der Waals surface area contributed by atoms with Gasteiger partial charge >= 0.3 is 0 Å². The summed E-state index contributed by atoms with van der Waals surface area (Å²) < 4.78 is 0. The van der Waals surface area contributed by atoms with Crippen molar-refractivity contribution >= 4 is 0 Å². The van der Waals surface area contributed by atoms with Crippen LogP contribution < -0.4 is 0 Å². The molecule has 15 heavy (non-hydrogen) atoms. The van der Waals surface area contributed by atoms with Crippen molar-refractivity contribution in [1.82, 2.24) is 4.90 Å². The second kappa shape index (κ2) is 4.84. The molecular formula is C13H25NO. The van der Waals surface area contributed by atoms with Gasteiger partial charge < -0.3 is 10.0 Å². The van der Waals surface area contributed by atoms with E-state index in [-0.39, 0.29) is 6.10 Å². The summed E-state index contributed by atoms with van der Waals surface area (Å²) in [5.74, 6) is 1.74. The SMILES string of the molecule is CCN(CC1CC1)C1CC(O)CCC1C. The zero-order valence-corrected chi connectivity index (χ0v) is 10.2. The van der Waals surface area contributed by atoms with E-state index in [1.807, 2.05) is 0 Å². The number of nitrogens with zero attached hydrogens (tertiary/aromatic N) is 1. The lowest BCUT2D eigenvalue weighted by Crippen LogP contribution is -2.45. The van der Waals surface area contributed by atoms with E-state index in [0.717, 1.165) is 31.2 Å². The summed E-state index contributed by atoms with van der Waals surface area (Å²) in [6.07, 6.45) is 6.03. The molecule has 2 saturated carbocycles. The fourth-order valence-electron chi connectivity index (χ4n) is 2.92. The van der Waals surface area contributed by atoms with Crippen LogP contribution in [0.2, 0.25) is 0 Å². The third-order valence-electron chi connectivity index (χ3n) is 4.19. The summed E-state index contributed by atoms with van der Waals surface area (Å²) in [6, 6.07) is 0.638. The summed E-state index contributed by atoms with van der Waals surface area (Å²) in [6.45, 7) is 7.04. The zero-order chi connectivity index (χ0) is 10.8. The molecule has 0 saturated heterocycles. The monoisotopic (exact) mass is 211 g/mol. The Morgan fingerprint density at radius 3 is 2.53 bits per heavy atom. The van der Waals surface area contributed by atoms with Crippen molar-refractivity contribution in [2.75, 3.05) is 13.1 Å². The van der Waals surface area contributed by atoms with E-state index in [0.29, 0.717) is 6.04 Å². The first kappa shape index (κ1) is 11.4. The second-order valence-corrected chi connectivity index (χ2v) is 5.54. The fourth-order valence-corrected chi connectivity index (χ4v) is 2.92. The third-order valence-corrected chi connectivity index (χ3v) is 4.19. The molecule has 0 spiro atoms. The van der Waals surface area contributed by atoms with Gasteiger partial charge in [-0.15, -0.1) is 0 Å². The van der Waals surface area contributed by atoms with E-state index in [1.165, 1.54) is 25.8 Å². The van der Waals surface area contributed by atoms with Gasteiger partial charge in [0.05, 0.1) is 6.10 Å². The van der Waals surface area contributed by atoms with Crippen LogP contribution in [0.3, 0.4) is 0 Å². The number of hydrogen-bond donors (Lipinski definition) is 1. The van der Waals surface area contributed by atoms with Crippen LogP contribution in [-0.4, -0.2) is 35.2 Å². The highest BCUT2D eigenvalue weighted by atomic mass is 16.3. The van der Waals surface area contributed by atoms with Crippen molar-refractivity contribution in [3.05, 3.63) is 0 Å². The Labute approximate surface area is 93.7 Å². The normalized spacial score (nSPS) is 37.2. The summed E-state index contributed by atoms with van der Waals surface area (Å²) in [5, 5.41) is 9.76. The Balaban J connectivity index is 1.91. The van der Waals surface area contributed by atoms with Gasteiger partial charge in [-0.1, -0.05) is 13.8 Å². The van der Waals surface area contributed by atoms with E-state index in [9.17, 15) is 5.11 Å². The van der Waals surface area contributed by atoms with Gasteiger partial charge in [0.25, 0.3) is 0 Å². The quantitative estimate of drug-likeness (QED) is 0.771. The highest BCUT2D eigenvalue weighted by molar-refractivity contribution is 4.87. The lowest BCUT2D eigenvalue weighted by Gasteiger charge is -2.40. The maximum Gasteiger partial charge on any atom is 0.0555 e. The molecule has 0 aromatic rings. The maximum atomic E-state index is 9.76. The third kappa shape index (κ3) is 2.94. The standard InChI is InChI=1S/C13H25NO/c1-3-14(9-11-5-6-11)13-8-12(15)7-4-10(13)2/h10-13,15H,3-9H2,1-2H3. The molecule has 3 atom stereocenters. The van der Waals surface area contributed by atoms with E-state index in [4.69, 9.17) is 0 Å². The topological polar surface area (TPSA) is 23.5 Å². The average molecular weight is 211 g/mol. The molecule has 1 N–H and O–H groups in total. The molecule has 2 fully saturated rings.